The minimum Gasteiger partial charge on any atom is -0.493 e. The van der Waals surface area contributed by atoms with E-state index in [9.17, 15) is 0 Å². The Bertz CT molecular complexity index is 431. The van der Waals surface area contributed by atoms with E-state index in [0.29, 0.717) is 6.61 Å². The third kappa shape index (κ3) is 1.92. The van der Waals surface area contributed by atoms with Gasteiger partial charge < -0.3 is 9.47 Å². The average Bonchev–Trinajstić information content (AvgIpc) is 2.22. The fraction of sp³-hybridized carbons (Fsp3) is 0.429. The van der Waals surface area contributed by atoms with Crippen molar-refractivity contribution in [1.29, 1.82) is 0 Å². The molecule has 2 heteroatoms. The van der Waals surface area contributed by atoms with Crippen LogP contribution in [0.2, 0.25) is 0 Å². The molecule has 0 atom stereocenters. The maximum absolute atomic E-state index is 5.97. The molecule has 0 saturated carbocycles. The standard InChI is InChI=1S/C14H18O2/c1-5-15-12-7-6-11-8-9-14(3,4)16-13(11)10(12)2/h6-9H,5H2,1-4H3. The lowest BCUT2D eigenvalue weighted by molar-refractivity contribution is 0.157. The first-order valence-corrected chi connectivity index (χ1v) is 5.68. The molecular weight excluding hydrogens is 200 g/mol. The Labute approximate surface area is 96.9 Å². The highest BCUT2D eigenvalue weighted by atomic mass is 16.5. The summed E-state index contributed by atoms with van der Waals surface area (Å²) in [7, 11) is 0. The predicted octanol–water partition coefficient (Wildman–Crippen LogP) is 3.58. The zero-order valence-electron chi connectivity index (χ0n) is 10.3. The summed E-state index contributed by atoms with van der Waals surface area (Å²) in [6.45, 7) is 8.82. The second-order valence-corrected chi connectivity index (χ2v) is 4.58. The van der Waals surface area contributed by atoms with E-state index in [-0.39, 0.29) is 5.60 Å². The first-order chi connectivity index (χ1) is 7.53. The predicted molar refractivity (Wildman–Crippen MR) is 66.1 cm³/mol. The van der Waals surface area contributed by atoms with Gasteiger partial charge in [0.2, 0.25) is 0 Å². The molecule has 1 aliphatic rings. The number of fused-ring (bicyclic) bond motifs is 1. The highest BCUT2D eigenvalue weighted by Crippen LogP contribution is 2.38. The molecule has 0 amide bonds. The van der Waals surface area contributed by atoms with E-state index in [2.05, 4.69) is 26.0 Å². The topological polar surface area (TPSA) is 18.5 Å². The molecule has 0 aromatic heterocycles. The van der Waals surface area contributed by atoms with Crippen molar-refractivity contribution in [3.63, 3.8) is 0 Å². The van der Waals surface area contributed by atoms with Gasteiger partial charge in [0.1, 0.15) is 17.1 Å². The molecule has 1 aromatic rings. The van der Waals surface area contributed by atoms with E-state index >= 15 is 0 Å². The molecule has 0 saturated heterocycles. The van der Waals surface area contributed by atoms with Crippen LogP contribution >= 0.6 is 0 Å². The van der Waals surface area contributed by atoms with Gasteiger partial charge in [0, 0.05) is 11.1 Å². The maximum atomic E-state index is 5.97. The van der Waals surface area contributed by atoms with Crippen LogP contribution in [-0.2, 0) is 0 Å². The van der Waals surface area contributed by atoms with Crippen molar-refractivity contribution in [2.45, 2.75) is 33.3 Å². The van der Waals surface area contributed by atoms with E-state index in [1.165, 1.54) is 0 Å². The fourth-order valence-corrected chi connectivity index (χ4v) is 1.86. The highest BCUT2D eigenvalue weighted by molar-refractivity contribution is 5.65. The fourth-order valence-electron chi connectivity index (χ4n) is 1.86. The summed E-state index contributed by atoms with van der Waals surface area (Å²) >= 11 is 0. The molecule has 1 aliphatic heterocycles. The molecule has 86 valence electrons. The second kappa shape index (κ2) is 3.85. The van der Waals surface area contributed by atoms with Crippen molar-refractivity contribution in [1.82, 2.24) is 0 Å². The van der Waals surface area contributed by atoms with Gasteiger partial charge in [-0.15, -0.1) is 0 Å². The lowest BCUT2D eigenvalue weighted by Gasteiger charge is -2.29. The van der Waals surface area contributed by atoms with Crippen molar-refractivity contribution < 1.29 is 9.47 Å². The minimum atomic E-state index is -0.234. The number of rotatable bonds is 2. The van der Waals surface area contributed by atoms with Crippen LogP contribution in [0.15, 0.2) is 18.2 Å². The van der Waals surface area contributed by atoms with E-state index in [4.69, 9.17) is 9.47 Å². The summed E-state index contributed by atoms with van der Waals surface area (Å²) in [6, 6.07) is 4.04. The van der Waals surface area contributed by atoms with Crippen LogP contribution in [0.5, 0.6) is 11.5 Å². The molecule has 0 bridgehead atoms. The average molecular weight is 218 g/mol. The lowest BCUT2D eigenvalue weighted by atomic mass is 10.00. The van der Waals surface area contributed by atoms with Gasteiger partial charge in [-0.05, 0) is 45.9 Å². The molecular formula is C14H18O2. The van der Waals surface area contributed by atoms with Gasteiger partial charge in [0.25, 0.3) is 0 Å². The van der Waals surface area contributed by atoms with Gasteiger partial charge in [0.05, 0.1) is 6.61 Å². The quantitative estimate of drug-likeness (QED) is 0.755. The summed E-state index contributed by atoms with van der Waals surface area (Å²) in [6.07, 6.45) is 4.19. The van der Waals surface area contributed by atoms with Crippen LogP contribution in [0.25, 0.3) is 6.08 Å². The number of hydrogen-bond acceptors (Lipinski definition) is 2. The molecule has 0 radical (unpaired) electrons. The van der Waals surface area contributed by atoms with Gasteiger partial charge in [0.15, 0.2) is 0 Å². The summed E-state index contributed by atoms with van der Waals surface area (Å²) in [4.78, 5) is 0. The van der Waals surface area contributed by atoms with Crippen molar-refractivity contribution >= 4 is 6.08 Å². The first kappa shape index (κ1) is 11.1. The Morgan fingerprint density at radius 3 is 2.75 bits per heavy atom. The van der Waals surface area contributed by atoms with E-state index in [0.717, 1.165) is 22.6 Å². The van der Waals surface area contributed by atoms with E-state index in [1.54, 1.807) is 0 Å². The molecule has 0 fully saturated rings. The smallest absolute Gasteiger partial charge is 0.134 e. The summed E-state index contributed by atoms with van der Waals surface area (Å²) in [5, 5.41) is 0. The minimum absolute atomic E-state index is 0.234. The molecule has 0 N–H and O–H groups in total. The van der Waals surface area contributed by atoms with Crippen LogP contribution in [0.3, 0.4) is 0 Å². The molecule has 0 aliphatic carbocycles. The molecule has 1 heterocycles. The zero-order valence-corrected chi connectivity index (χ0v) is 10.3. The SMILES string of the molecule is CCOc1ccc2c(c1C)OC(C)(C)C=C2. The second-order valence-electron chi connectivity index (χ2n) is 4.58. The van der Waals surface area contributed by atoms with Crippen LogP contribution < -0.4 is 9.47 Å². The lowest BCUT2D eigenvalue weighted by Crippen LogP contribution is -2.28. The van der Waals surface area contributed by atoms with Gasteiger partial charge in [-0.2, -0.15) is 0 Å². The molecule has 2 nitrogen and oxygen atoms in total. The van der Waals surface area contributed by atoms with Gasteiger partial charge in [-0.25, -0.2) is 0 Å². The van der Waals surface area contributed by atoms with E-state index < -0.39 is 0 Å². The Kier molecular flexibility index (Phi) is 2.66. The van der Waals surface area contributed by atoms with Crippen LogP contribution in [0.4, 0.5) is 0 Å². The third-order valence-corrected chi connectivity index (χ3v) is 2.72. The normalized spacial score (nSPS) is 16.5. The Morgan fingerprint density at radius 1 is 1.31 bits per heavy atom. The van der Waals surface area contributed by atoms with Gasteiger partial charge >= 0.3 is 0 Å². The zero-order chi connectivity index (χ0) is 11.8. The van der Waals surface area contributed by atoms with Crippen molar-refractivity contribution in [3.8, 4) is 11.5 Å². The molecule has 2 rings (SSSR count). The van der Waals surface area contributed by atoms with Crippen LogP contribution in [-0.4, -0.2) is 12.2 Å². The Hall–Kier alpha value is -1.44. The van der Waals surface area contributed by atoms with Crippen molar-refractivity contribution in [3.05, 3.63) is 29.3 Å². The number of benzene rings is 1. The number of ether oxygens (including phenoxy) is 2. The van der Waals surface area contributed by atoms with Crippen LogP contribution in [0.1, 0.15) is 31.9 Å². The van der Waals surface area contributed by atoms with Gasteiger partial charge in [-0.3, -0.25) is 0 Å². The first-order valence-electron chi connectivity index (χ1n) is 5.68. The monoisotopic (exact) mass is 218 g/mol. The maximum Gasteiger partial charge on any atom is 0.134 e. The van der Waals surface area contributed by atoms with Crippen LogP contribution in [0, 0.1) is 6.92 Å². The molecule has 1 aromatic carbocycles. The van der Waals surface area contributed by atoms with E-state index in [1.807, 2.05) is 26.0 Å². The Balaban J connectivity index is 2.46. The number of hydrogen-bond donors (Lipinski definition) is 0. The van der Waals surface area contributed by atoms with Crippen molar-refractivity contribution in [2.75, 3.05) is 6.61 Å². The summed E-state index contributed by atoms with van der Waals surface area (Å²) in [5.74, 6) is 1.85. The summed E-state index contributed by atoms with van der Waals surface area (Å²) in [5.41, 5.74) is 1.97. The highest BCUT2D eigenvalue weighted by Gasteiger charge is 2.24. The molecule has 0 unspecified atom stereocenters. The Morgan fingerprint density at radius 2 is 2.06 bits per heavy atom. The van der Waals surface area contributed by atoms with Crippen molar-refractivity contribution in [2.24, 2.45) is 0 Å². The molecule has 0 spiro atoms. The molecule has 16 heavy (non-hydrogen) atoms. The largest absolute Gasteiger partial charge is 0.493 e. The van der Waals surface area contributed by atoms with Gasteiger partial charge in [-0.1, -0.05) is 6.08 Å². The summed E-state index contributed by atoms with van der Waals surface area (Å²) < 4.78 is 11.5. The third-order valence-electron chi connectivity index (χ3n) is 2.72.